The zero-order valence-electron chi connectivity index (χ0n) is 14.7. The molecule has 0 unspecified atom stereocenters. The molecule has 2 heterocycles. The molecular weight excluding hydrogens is 310 g/mol. The summed E-state index contributed by atoms with van der Waals surface area (Å²) in [5.74, 6) is 1.54. The molecule has 1 aliphatic carbocycles. The molecule has 5 nitrogen and oxygen atoms in total. The molecule has 2 N–H and O–H groups in total. The van der Waals surface area contributed by atoms with Gasteiger partial charge in [0.15, 0.2) is 5.65 Å². The third kappa shape index (κ3) is 3.42. The standard InChI is InChI=1S/C20H25N5/c1-14-22-13-18-19(16-5-3-2-4-6-16)24-25(20(18)23-14)12-11-15-7-9-17(21)10-8-15/h2-6,13,15,17H,7-12,21H2,1H3. The maximum Gasteiger partial charge on any atom is 0.162 e. The van der Waals surface area contributed by atoms with E-state index >= 15 is 0 Å². The van der Waals surface area contributed by atoms with Crippen LogP contribution < -0.4 is 5.73 Å². The van der Waals surface area contributed by atoms with Crippen molar-refractivity contribution in [3.8, 4) is 11.3 Å². The second kappa shape index (κ2) is 6.92. The zero-order valence-corrected chi connectivity index (χ0v) is 14.7. The Bertz CT molecular complexity index is 847. The lowest BCUT2D eigenvalue weighted by atomic mass is 9.84. The summed E-state index contributed by atoms with van der Waals surface area (Å²) in [7, 11) is 0. The van der Waals surface area contributed by atoms with Gasteiger partial charge in [-0.15, -0.1) is 0 Å². The fraction of sp³-hybridized carbons (Fsp3) is 0.450. The van der Waals surface area contributed by atoms with Crippen molar-refractivity contribution < 1.29 is 0 Å². The quantitative estimate of drug-likeness (QED) is 0.789. The number of aryl methyl sites for hydroxylation is 2. The van der Waals surface area contributed by atoms with Gasteiger partial charge < -0.3 is 5.73 Å². The van der Waals surface area contributed by atoms with Gasteiger partial charge in [-0.2, -0.15) is 5.10 Å². The Morgan fingerprint density at radius 2 is 1.88 bits per heavy atom. The molecule has 25 heavy (non-hydrogen) atoms. The summed E-state index contributed by atoms with van der Waals surface area (Å²) in [4.78, 5) is 9.05. The number of fused-ring (bicyclic) bond motifs is 1. The predicted octanol–water partition coefficient (Wildman–Crippen LogP) is 3.71. The number of nitrogens with two attached hydrogens (primary N) is 1. The van der Waals surface area contributed by atoms with Gasteiger partial charge in [0.2, 0.25) is 0 Å². The van der Waals surface area contributed by atoms with E-state index in [1.165, 1.54) is 12.8 Å². The molecule has 1 saturated carbocycles. The van der Waals surface area contributed by atoms with Crippen LogP contribution in [0.1, 0.15) is 37.9 Å². The van der Waals surface area contributed by atoms with Crippen LogP contribution in [0.25, 0.3) is 22.3 Å². The Kier molecular flexibility index (Phi) is 4.49. The Morgan fingerprint density at radius 3 is 2.64 bits per heavy atom. The summed E-state index contributed by atoms with van der Waals surface area (Å²) in [6.45, 7) is 2.83. The first-order valence-corrected chi connectivity index (χ1v) is 9.22. The molecular formula is C20H25N5. The van der Waals surface area contributed by atoms with Gasteiger partial charge in [-0.25, -0.2) is 14.6 Å². The van der Waals surface area contributed by atoms with Crippen molar-refractivity contribution in [1.29, 1.82) is 0 Å². The molecule has 0 saturated heterocycles. The van der Waals surface area contributed by atoms with Gasteiger partial charge in [0, 0.05) is 24.3 Å². The van der Waals surface area contributed by atoms with Crippen LogP contribution >= 0.6 is 0 Å². The zero-order chi connectivity index (χ0) is 17.2. The van der Waals surface area contributed by atoms with E-state index in [2.05, 4.69) is 26.8 Å². The van der Waals surface area contributed by atoms with Gasteiger partial charge in [-0.05, 0) is 44.9 Å². The summed E-state index contributed by atoms with van der Waals surface area (Å²) >= 11 is 0. The molecule has 0 bridgehead atoms. The van der Waals surface area contributed by atoms with Crippen LogP contribution in [-0.2, 0) is 6.54 Å². The van der Waals surface area contributed by atoms with Crippen LogP contribution in [0.4, 0.5) is 0 Å². The average Bonchev–Trinajstić information content (AvgIpc) is 3.00. The Labute approximate surface area is 148 Å². The van der Waals surface area contributed by atoms with Crippen LogP contribution in [0.15, 0.2) is 36.5 Å². The van der Waals surface area contributed by atoms with Gasteiger partial charge >= 0.3 is 0 Å². The first kappa shape index (κ1) is 16.2. The SMILES string of the molecule is Cc1ncc2c(-c3ccccc3)nn(CCC3CCC(N)CC3)c2n1. The van der Waals surface area contributed by atoms with E-state index in [1.807, 2.05) is 31.3 Å². The van der Waals surface area contributed by atoms with E-state index in [0.717, 1.165) is 59.8 Å². The van der Waals surface area contributed by atoms with Gasteiger partial charge in [-0.3, -0.25) is 0 Å². The monoisotopic (exact) mass is 335 g/mol. The number of hydrogen-bond acceptors (Lipinski definition) is 4. The molecule has 130 valence electrons. The van der Waals surface area contributed by atoms with Crippen molar-refractivity contribution in [2.75, 3.05) is 0 Å². The number of nitrogens with zero attached hydrogens (tertiary/aromatic N) is 4. The lowest BCUT2D eigenvalue weighted by molar-refractivity contribution is 0.296. The van der Waals surface area contributed by atoms with E-state index in [0.29, 0.717) is 6.04 Å². The number of aromatic nitrogens is 4. The second-order valence-corrected chi connectivity index (χ2v) is 7.16. The maximum absolute atomic E-state index is 6.03. The van der Waals surface area contributed by atoms with Crippen LogP contribution in [0.5, 0.6) is 0 Å². The molecule has 1 aromatic carbocycles. The highest BCUT2D eigenvalue weighted by Crippen LogP contribution is 2.29. The minimum absolute atomic E-state index is 0.404. The predicted molar refractivity (Wildman–Crippen MR) is 100 cm³/mol. The van der Waals surface area contributed by atoms with Crippen molar-refractivity contribution in [3.63, 3.8) is 0 Å². The molecule has 4 rings (SSSR count). The number of rotatable bonds is 4. The first-order valence-electron chi connectivity index (χ1n) is 9.22. The molecule has 2 aromatic heterocycles. The molecule has 5 heteroatoms. The topological polar surface area (TPSA) is 69.6 Å². The Morgan fingerprint density at radius 1 is 1.12 bits per heavy atom. The van der Waals surface area contributed by atoms with E-state index in [4.69, 9.17) is 10.8 Å². The molecule has 3 aromatic rings. The first-order chi connectivity index (χ1) is 12.2. The molecule has 0 spiro atoms. The average molecular weight is 335 g/mol. The molecule has 0 radical (unpaired) electrons. The molecule has 1 fully saturated rings. The van der Waals surface area contributed by atoms with Gasteiger partial charge in [0.05, 0.1) is 5.39 Å². The fourth-order valence-corrected chi connectivity index (χ4v) is 3.79. The van der Waals surface area contributed by atoms with Crippen molar-refractivity contribution in [1.82, 2.24) is 19.7 Å². The summed E-state index contributed by atoms with van der Waals surface area (Å²) in [6, 6.07) is 10.7. The van der Waals surface area contributed by atoms with Crippen LogP contribution in [0.3, 0.4) is 0 Å². The van der Waals surface area contributed by atoms with Crippen LogP contribution in [-0.4, -0.2) is 25.8 Å². The summed E-state index contributed by atoms with van der Waals surface area (Å²) in [5.41, 5.74) is 9.06. The minimum Gasteiger partial charge on any atom is -0.328 e. The smallest absolute Gasteiger partial charge is 0.162 e. The highest BCUT2D eigenvalue weighted by Gasteiger charge is 2.20. The van der Waals surface area contributed by atoms with Gasteiger partial charge in [0.1, 0.15) is 11.5 Å². The maximum atomic E-state index is 6.03. The summed E-state index contributed by atoms with van der Waals surface area (Å²) < 4.78 is 2.07. The lowest BCUT2D eigenvalue weighted by Crippen LogP contribution is -2.27. The second-order valence-electron chi connectivity index (χ2n) is 7.16. The largest absolute Gasteiger partial charge is 0.328 e. The van der Waals surface area contributed by atoms with Crippen LogP contribution in [0, 0.1) is 12.8 Å². The third-order valence-corrected chi connectivity index (χ3v) is 5.30. The number of benzene rings is 1. The van der Waals surface area contributed by atoms with Crippen LogP contribution in [0.2, 0.25) is 0 Å². The van der Waals surface area contributed by atoms with Gasteiger partial charge in [-0.1, -0.05) is 30.3 Å². The highest BCUT2D eigenvalue weighted by atomic mass is 15.3. The minimum atomic E-state index is 0.404. The molecule has 0 amide bonds. The van der Waals surface area contributed by atoms with Crippen molar-refractivity contribution >= 4 is 11.0 Å². The highest BCUT2D eigenvalue weighted by molar-refractivity contribution is 5.90. The third-order valence-electron chi connectivity index (χ3n) is 5.30. The normalized spacial score (nSPS) is 20.9. The summed E-state index contributed by atoms with van der Waals surface area (Å²) in [6.07, 6.45) is 7.83. The van der Waals surface area contributed by atoms with Crippen molar-refractivity contribution in [3.05, 3.63) is 42.4 Å². The number of hydrogen-bond donors (Lipinski definition) is 1. The molecule has 0 atom stereocenters. The Balaban J connectivity index is 1.63. The molecule has 0 aliphatic heterocycles. The lowest BCUT2D eigenvalue weighted by Gasteiger charge is -2.25. The summed E-state index contributed by atoms with van der Waals surface area (Å²) in [5, 5.41) is 5.92. The van der Waals surface area contributed by atoms with Gasteiger partial charge in [0.25, 0.3) is 0 Å². The Hall–Kier alpha value is -2.27. The van der Waals surface area contributed by atoms with E-state index in [9.17, 15) is 0 Å². The van der Waals surface area contributed by atoms with E-state index in [1.54, 1.807) is 0 Å². The van der Waals surface area contributed by atoms with Crippen molar-refractivity contribution in [2.45, 2.75) is 51.6 Å². The molecule has 1 aliphatic rings. The van der Waals surface area contributed by atoms with E-state index < -0.39 is 0 Å². The van der Waals surface area contributed by atoms with Crippen molar-refractivity contribution in [2.24, 2.45) is 11.7 Å². The van der Waals surface area contributed by atoms with E-state index in [-0.39, 0.29) is 0 Å². The fourth-order valence-electron chi connectivity index (χ4n) is 3.79.